The highest BCUT2D eigenvalue weighted by molar-refractivity contribution is 5.15. The van der Waals surface area contributed by atoms with Crippen LogP contribution in [0.5, 0.6) is 0 Å². The van der Waals surface area contributed by atoms with Gasteiger partial charge < -0.3 is 9.52 Å². The van der Waals surface area contributed by atoms with Crippen LogP contribution in [-0.4, -0.2) is 29.6 Å². The zero-order valence-electron chi connectivity index (χ0n) is 8.15. The van der Waals surface area contributed by atoms with Crippen molar-refractivity contribution in [2.45, 2.75) is 18.4 Å². The van der Waals surface area contributed by atoms with Crippen LogP contribution in [0, 0.1) is 5.92 Å². The predicted octanol–water partition coefficient (Wildman–Crippen LogP) is 1.19. The Morgan fingerprint density at radius 1 is 1.43 bits per heavy atom. The van der Waals surface area contributed by atoms with Gasteiger partial charge >= 0.3 is 0 Å². The van der Waals surface area contributed by atoms with Crippen LogP contribution >= 0.6 is 0 Å². The van der Waals surface area contributed by atoms with Gasteiger partial charge in [-0.1, -0.05) is 0 Å². The summed E-state index contributed by atoms with van der Waals surface area (Å²) in [6.45, 7) is 3.01. The highest BCUT2D eigenvalue weighted by atomic mass is 16.4. The summed E-state index contributed by atoms with van der Waals surface area (Å²) in [6.07, 6.45) is 3.83. The molecular formula is C11H15NO2. The first-order chi connectivity index (χ1) is 6.79. The van der Waals surface area contributed by atoms with Gasteiger partial charge in [-0.3, -0.25) is 4.90 Å². The van der Waals surface area contributed by atoms with Crippen LogP contribution in [0.1, 0.15) is 18.6 Å². The molecule has 4 rings (SSSR count). The molecule has 3 heteroatoms. The zero-order chi connectivity index (χ0) is 9.60. The van der Waals surface area contributed by atoms with E-state index in [0.717, 1.165) is 38.2 Å². The van der Waals surface area contributed by atoms with Crippen molar-refractivity contribution in [1.29, 1.82) is 0 Å². The Morgan fingerprint density at radius 2 is 2.21 bits per heavy atom. The summed E-state index contributed by atoms with van der Waals surface area (Å²) in [5.74, 6) is 1.13. The maximum absolute atomic E-state index is 10.6. The van der Waals surface area contributed by atoms with Crippen LogP contribution in [0.3, 0.4) is 0 Å². The van der Waals surface area contributed by atoms with Gasteiger partial charge in [0.25, 0.3) is 0 Å². The summed E-state index contributed by atoms with van der Waals surface area (Å²) >= 11 is 0. The third-order valence-electron chi connectivity index (χ3n) is 3.68. The summed E-state index contributed by atoms with van der Waals surface area (Å²) in [6, 6.07) is 3.74. The van der Waals surface area contributed by atoms with Crippen LogP contribution in [0.25, 0.3) is 0 Å². The number of hydrogen-bond acceptors (Lipinski definition) is 3. The molecule has 1 N–H and O–H groups in total. The minimum absolute atomic E-state index is 0.388. The Kier molecular flexibility index (Phi) is 1.73. The smallest absolute Gasteiger partial charge is 0.137 e. The first-order valence-corrected chi connectivity index (χ1v) is 5.28. The molecule has 0 spiro atoms. The van der Waals surface area contributed by atoms with Crippen molar-refractivity contribution in [2.24, 2.45) is 5.92 Å². The molecule has 1 unspecified atom stereocenters. The second-order valence-corrected chi connectivity index (χ2v) is 4.45. The van der Waals surface area contributed by atoms with E-state index >= 15 is 0 Å². The fraction of sp³-hybridized carbons (Fsp3) is 0.636. The van der Waals surface area contributed by atoms with E-state index < -0.39 is 5.60 Å². The maximum atomic E-state index is 10.6. The molecule has 3 aliphatic heterocycles. The van der Waals surface area contributed by atoms with Crippen LogP contribution in [0.4, 0.5) is 0 Å². The van der Waals surface area contributed by atoms with E-state index in [4.69, 9.17) is 4.42 Å². The van der Waals surface area contributed by atoms with E-state index in [9.17, 15) is 5.11 Å². The molecule has 1 atom stereocenters. The first-order valence-electron chi connectivity index (χ1n) is 5.28. The molecule has 0 amide bonds. The van der Waals surface area contributed by atoms with Gasteiger partial charge in [-0.05, 0) is 44.0 Å². The summed E-state index contributed by atoms with van der Waals surface area (Å²) in [5, 5.41) is 10.6. The lowest BCUT2D eigenvalue weighted by atomic mass is 9.74. The molecule has 3 fully saturated rings. The number of fused-ring (bicyclic) bond motifs is 3. The molecular weight excluding hydrogens is 178 g/mol. The fourth-order valence-corrected chi connectivity index (χ4v) is 2.84. The molecule has 3 nitrogen and oxygen atoms in total. The number of rotatable bonds is 1. The Hall–Kier alpha value is -0.800. The molecule has 3 aliphatic rings. The Morgan fingerprint density at radius 3 is 2.71 bits per heavy atom. The second kappa shape index (κ2) is 2.84. The molecule has 76 valence electrons. The molecule has 0 aromatic carbocycles. The Labute approximate surface area is 83.3 Å². The predicted molar refractivity (Wildman–Crippen MR) is 51.8 cm³/mol. The van der Waals surface area contributed by atoms with Gasteiger partial charge in [-0.2, -0.15) is 0 Å². The molecule has 0 saturated carbocycles. The summed E-state index contributed by atoms with van der Waals surface area (Å²) in [4.78, 5) is 2.32. The summed E-state index contributed by atoms with van der Waals surface area (Å²) in [7, 11) is 0. The Balaban J connectivity index is 1.96. The van der Waals surface area contributed by atoms with Crippen molar-refractivity contribution < 1.29 is 9.52 Å². The van der Waals surface area contributed by atoms with Crippen molar-refractivity contribution in [1.82, 2.24) is 4.90 Å². The summed E-state index contributed by atoms with van der Waals surface area (Å²) in [5.41, 5.74) is -0.722. The Bertz CT molecular complexity index is 314. The van der Waals surface area contributed by atoms with E-state index in [1.807, 2.05) is 12.1 Å². The number of aliphatic hydroxyl groups is 1. The van der Waals surface area contributed by atoms with Crippen LogP contribution < -0.4 is 0 Å². The lowest BCUT2D eigenvalue weighted by Crippen LogP contribution is -2.56. The lowest BCUT2D eigenvalue weighted by molar-refractivity contribution is -0.129. The van der Waals surface area contributed by atoms with E-state index in [0.29, 0.717) is 5.92 Å². The largest absolute Gasteiger partial charge is 0.466 e. The second-order valence-electron chi connectivity index (χ2n) is 4.45. The van der Waals surface area contributed by atoms with Crippen molar-refractivity contribution in [2.75, 3.05) is 19.6 Å². The van der Waals surface area contributed by atoms with E-state index in [2.05, 4.69) is 4.90 Å². The van der Waals surface area contributed by atoms with Crippen molar-refractivity contribution in [3.63, 3.8) is 0 Å². The van der Waals surface area contributed by atoms with Gasteiger partial charge in [-0.25, -0.2) is 0 Å². The monoisotopic (exact) mass is 193 g/mol. The summed E-state index contributed by atoms with van der Waals surface area (Å²) < 4.78 is 5.35. The third kappa shape index (κ3) is 1.06. The minimum atomic E-state index is -0.722. The average Bonchev–Trinajstić information content (AvgIpc) is 2.72. The fourth-order valence-electron chi connectivity index (χ4n) is 2.84. The van der Waals surface area contributed by atoms with Gasteiger partial charge in [0, 0.05) is 6.54 Å². The molecule has 1 aromatic heterocycles. The molecule has 3 saturated heterocycles. The van der Waals surface area contributed by atoms with E-state index in [1.165, 1.54) is 0 Å². The van der Waals surface area contributed by atoms with Crippen molar-refractivity contribution in [3.8, 4) is 0 Å². The maximum Gasteiger partial charge on any atom is 0.137 e. The molecule has 4 heterocycles. The number of hydrogen-bond donors (Lipinski definition) is 1. The van der Waals surface area contributed by atoms with Gasteiger partial charge in [-0.15, -0.1) is 0 Å². The molecule has 2 bridgehead atoms. The molecule has 0 radical (unpaired) electrons. The van der Waals surface area contributed by atoms with Gasteiger partial charge in [0.2, 0.25) is 0 Å². The van der Waals surface area contributed by atoms with Crippen LogP contribution in [0.15, 0.2) is 22.8 Å². The van der Waals surface area contributed by atoms with Crippen molar-refractivity contribution in [3.05, 3.63) is 24.2 Å². The lowest BCUT2D eigenvalue weighted by Gasteiger charge is -2.49. The van der Waals surface area contributed by atoms with Gasteiger partial charge in [0.05, 0.1) is 6.26 Å². The minimum Gasteiger partial charge on any atom is -0.466 e. The highest BCUT2D eigenvalue weighted by Gasteiger charge is 2.48. The first kappa shape index (κ1) is 8.50. The average molecular weight is 193 g/mol. The number of piperidine rings is 3. The van der Waals surface area contributed by atoms with E-state index in [1.54, 1.807) is 6.26 Å². The number of furan rings is 1. The SMILES string of the molecule is OC1(c2ccco2)CN2CCC1CC2. The third-order valence-corrected chi connectivity index (χ3v) is 3.68. The normalized spacial score (nSPS) is 41.5. The highest BCUT2D eigenvalue weighted by Crippen LogP contribution is 2.42. The van der Waals surface area contributed by atoms with Crippen LogP contribution in [-0.2, 0) is 5.60 Å². The van der Waals surface area contributed by atoms with Gasteiger partial charge in [0.15, 0.2) is 0 Å². The molecule has 0 aliphatic carbocycles. The molecule has 14 heavy (non-hydrogen) atoms. The van der Waals surface area contributed by atoms with Crippen molar-refractivity contribution >= 4 is 0 Å². The van der Waals surface area contributed by atoms with E-state index in [-0.39, 0.29) is 0 Å². The topological polar surface area (TPSA) is 36.6 Å². The van der Waals surface area contributed by atoms with Gasteiger partial charge in [0.1, 0.15) is 11.4 Å². The standard InChI is InChI=1S/C11H15NO2/c13-11(10-2-1-7-14-10)8-12-5-3-9(11)4-6-12/h1-2,7,9,13H,3-6,8H2. The van der Waals surface area contributed by atoms with Crippen LogP contribution in [0.2, 0.25) is 0 Å². The quantitative estimate of drug-likeness (QED) is 0.728. The molecule has 1 aromatic rings. The number of nitrogens with zero attached hydrogens (tertiary/aromatic N) is 1. The zero-order valence-corrected chi connectivity index (χ0v) is 8.15.